The molecule has 0 aliphatic carbocycles. The summed E-state index contributed by atoms with van der Waals surface area (Å²) in [6.07, 6.45) is 0.691. The van der Waals surface area contributed by atoms with Crippen LogP contribution >= 0.6 is 11.6 Å². The number of halogens is 1. The van der Waals surface area contributed by atoms with Crippen molar-refractivity contribution >= 4 is 40.5 Å². The number of terminal acetylenes is 1. The number of anilines is 1. The van der Waals surface area contributed by atoms with Crippen LogP contribution < -0.4 is 5.32 Å². The molecule has 1 aliphatic heterocycles. The predicted molar refractivity (Wildman–Crippen MR) is 138 cm³/mol. The average Bonchev–Trinajstić information content (AvgIpc) is 3.44. The average molecular weight is 576 g/mol. The second-order valence-corrected chi connectivity index (χ2v) is 9.57. The van der Waals surface area contributed by atoms with Crippen molar-refractivity contribution < 1.29 is 44.6 Å². The molecule has 1 saturated heterocycles. The van der Waals surface area contributed by atoms with E-state index in [0.717, 1.165) is 0 Å². The van der Waals surface area contributed by atoms with Gasteiger partial charge in [-0.3, -0.25) is 4.57 Å². The SMILES string of the molecule is C#C[C@@]1(O)[C@@H](COC(Cc2ccccc2)(C(=O)O)C(=O)O)O[C@@H](n2cnc3c(NCC(C)O)nc(Cl)nc32)[C@@H]1O. The van der Waals surface area contributed by atoms with E-state index in [1.807, 2.05) is 0 Å². The number of rotatable bonds is 11. The molecule has 14 nitrogen and oxygen atoms in total. The van der Waals surface area contributed by atoms with Crippen molar-refractivity contribution in [2.75, 3.05) is 18.5 Å². The first-order valence-electron chi connectivity index (χ1n) is 11.9. The molecule has 212 valence electrons. The third-order valence-corrected chi connectivity index (χ3v) is 6.62. The Hall–Kier alpha value is -3.84. The number of nitrogens with one attached hydrogen (secondary N) is 1. The van der Waals surface area contributed by atoms with Gasteiger partial charge in [-0.05, 0) is 24.1 Å². The highest BCUT2D eigenvalue weighted by atomic mass is 35.5. The van der Waals surface area contributed by atoms with Crippen molar-refractivity contribution in [1.82, 2.24) is 19.5 Å². The summed E-state index contributed by atoms with van der Waals surface area (Å²) in [7, 11) is 0. The van der Waals surface area contributed by atoms with Crippen LogP contribution in [0.4, 0.5) is 5.82 Å². The summed E-state index contributed by atoms with van der Waals surface area (Å²) in [5.74, 6) is -1.33. The molecule has 2 aromatic heterocycles. The fraction of sp³-hybridized carbons (Fsp3) is 0.400. The fourth-order valence-corrected chi connectivity index (χ4v) is 4.44. The van der Waals surface area contributed by atoms with Crippen LogP contribution in [0, 0.1) is 12.3 Å². The highest BCUT2D eigenvalue weighted by Crippen LogP contribution is 2.39. The molecule has 1 unspecified atom stereocenters. The van der Waals surface area contributed by atoms with Crippen LogP contribution in [0.15, 0.2) is 36.7 Å². The number of hydrogen-bond acceptors (Lipinski definition) is 11. The fourth-order valence-electron chi connectivity index (χ4n) is 4.28. The number of aliphatic hydroxyl groups excluding tert-OH is 2. The number of aliphatic carboxylic acids is 2. The van der Waals surface area contributed by atoms with Gasteiger partial charge in [0.25, 0.3) is 5.60 Å². The van der Waals surface area contributed by atoms with E-state index in [9.17, 15) is 35.1 Å². The number of benzene rings is 1. The zero-order chi connectivity index (χ0) is 29.2. The first-order valence-corrected chi connectivity index (χ1v) is 12.3. The third-order valence-electron chi connectivity index (χ3n) is 6.45. The largest absolute Gasteiger partial charge is 0.479 e. The number of nitrogens with zero attached hydrogens (tertiary/aromatic N) is 4. The molecular formula is C25H26ClN5O9. The van der Waals surface area contributed by atoms with Crippen LogP contribution in [-0.4, -0.2) is 99.7 Å². The molecule has 0 spiro atoms. The second kappa shape index (κ2) is 11.3. The minimum atomic E-state index is -2.75. The van der Waals surface area contributed by atoms with Crippen LogP contribution in [0.25, 0.3) is 11.2 Å². The minimum absolute atomic E-state index is 0.0765. The van der Waals surface area contributed by atoms with Gasteiger partial charge < -0.3 is 40.3 Å². The normalized spacial score (nSPS) is 23.6. The molecule has 40 heavy (non-hydrogen) atoms. The maximum Gasteiger partial charge on any atom is 0.348 e. The van der Waals surface area contributed by atoms with Crippen LogP contribution in [-0.2, 0) is 25.5 Å². The molecule has 0 amide bonds. The molecule has 0 saturated carbocycles. The van der Waals surface area contributed by atoms with Crippen molar-refractivity contribution in [2.45, 2.75) is 49.1 Å². The number of carboxylic acid groups (broad SMARTS) is 2. The van der Waals surface area contributed by atoms with Gasteiger partial charge in [0.2, 0.25) is 5.28 Å². The maximum atomic E-state index is 12.2. The number of carbonyl (C=O) groups is 2. The third kappa shape index (κ3) is 5.30. The van der Waals surface area contributed by atoms with Crippen molar-refractivity contribution in [3.05, 3.63) is 47.5 Å². The minimum Gasteiger partial charge on any atom is -0.479 e. The number of ether oxygens (including phenoxy) is 2. The molecule has 0 bridgehead atoms. The van der Waals surface area contributed by atoms with E-state index in [-0.39, 0.29) is 28.8 Å². The lowest BCUT2D eigenvalue weighted by Crippen LogP contribution is -2.55. The number of imidazole rings is 1. The number of aliphatic hydroxyl groups is 3. The summed E-state index contributed by atoms with van der Waals surface area (Å²) >= 11 is 6.07. The lowest BCUT2D eigenvalue weighted by Gasteiger charge is -2.30. The smallest absolute Gasteiger partial charge is 0.348 e. The highest BCUT2D eigenvalue weighted by Gasteiger charge is 2.58. The Balaban J connectivity index is 1.65. The van der Waals surface area contributed by atoms with Gasteiger partial charge in [0, 0.05) is 13.0 Å². The van der Waals surface area contributed by atoms with Gasteiger partial charge in [0.05, 0.1) is 19.0 Å². The summed E-state index contributed by atoms with van der Waals surface area (Å²) in [5, 5.41) is 54.2. The van der Waals surface area contributed by atoms with E-state index in [1.165, 1.54) is 23.0 Å². The summed E-state index contributed by atoms with van der Waals surface area (Å²) in [5.41, 5.74) is -4.54. The Morgan fingerprint density at radius 3 is 2.58 bits per heavy atom. The van der Waals surface area contributed by atoms with E-state index in [1.54, 1.807) is 25.1 Å². The molecule has 3 aromatic rings. The van der Waals surface area contributed by atoms with Crippen LogP contribution in [0.5, 0.6) is 0 Å². The summed E-state index contributed by atoms with van der Waals surface area (Å²) < 4.78 is 12.5. The van der Waals surface area contributed by atoms with Gasteiger partial charge in [-0.15, -0.1) is 6.42 Å². The maximum absolute atomic E-state index is 12.2. The molecular weight excluding hydrogens is 550 g/mol. The van der Waals surface area contributed by atoms with Crippen LogP contribution in [0.3, 0.4) is 0 Å². The highest BCUT2D eigenvalue weighted by molar-refractivity contribution is 6.28. The standard InChI is InChI=1S/C25H26ClN5O9/c1-3-24(38)15(11-39-25(21(34)35,22(36)37)9-14-7-5-4-6-8-14)40-20(17(24)33)31-12-28-16-18(27-10-13(2)32)29-23(26)30-19(16)31/h1,4-8,12-13,15,17,20,32-33,38H,9-11H2,2H3,(H,34,35)(H,36,37)(H,27,29,30)/t13?,15-,17+,20-,24-/m1/s1. The van der Waals surface area contributed by atoms with Crippen LogP contribution in [0.1, 0.15) is 18.7 Å². The first kappa shape index (κ1) is 29.2. The van der Waals surface area contributed by atoms with Gasteiger partial charge in [0.1, 0.15) is 12.2 Å². The monoisotopic (exact) mass is 575 g/mol. The first-order chi connectivity index (χ1) is 18.9. The van der Waals surface area contributed by atoms with Gasteiger partial charge >= 0.3 is 11.9 Å². The zero-order valence-corrected chi connectivity index (χ0v) is 21.8. The topological polar surface area (TPSA) is 209 Å². The summed E-state index contributed by atoms with van der Waals surface area (Å²) in [4.78, 5) is 36.7. The Bertz CT molecular complexity index is 1430. The molecule has 5 atom stereocenters. The molecule has 1 fully saturated rings. The Labute approximate surface area is 232 Å². The van der Waals surface area contributed by atoms with Gasteiger partial charge in [-0.1, -0.05) is 36.3 Å². The van der Waals surface area contributed by atoms with E-state index >= 15 is 0 Å². The van der Waals surface area contributed by atoms with Gasteiger partial charge in [-0.2, -0.15) is 9.97 Å². The Morgan fingerprint density at radius 2 is 1.98 bits per heavy atom. The Morgan fingerprint density at radius 1 is 1.30 bits per heavy atom. The van der Waals surface area contributed by atoms with Gasteiger partial charge in [0.15, 0.2) is 28.8 Å². The van der Waals surface area contributed by atoms with Crippen LogP contribution in [0.2, 0.25) is 5.28 Å². The molecule has 15 heteroatoms. The van der Waals surface area contributed by atoms with E-state index in [4.69, 9.17) is 27.5 Å². The zero-order valence-electron chi connectivity index (χ0n) is 21.0. The van der Waals surface area contributed by atoms with E-state index in [2.05, 4.69) is 26.2 Å². The molecule has 4 rings (SSSR count). The Kier molecular flexibility index (Phi) is 8.26. The lowest BCUT2D eigenvalue weighted by molar-refractivity contribution is -0.191. The van der Waals surface area contributed by atoms with Crippen molar-refractivity contribution in [2.24, 2.45) is 0 Å². The van der Waals surface area contributed by atoms with Crippen molar-refractivity contribution in [1.29, 1.82) is 0 Å². The molecule has 6 N–H and O–H groups in total. The second-order valence-electron chi connectivity index (χ2n) is 9.24. The quantitative estimate of drug-likeness (QED) is 0.102. The summed E-state index contributed by atoms with van der Waals surface area (Å²) in [6.45, 7) is 0.857. The van der Waals surface area contributed by atoms with E-state index in [0.29, 0.717) is 5.56 Å². The van der Waals surface area contributed by atoms with Crippen molar-refractivity contribution in [3.8, 4) is 12.3 Å². The molecule has 1 aliphatic rings. The number of fused-ring (bicyclic) bond motifs is 1. The number of hydrogen-bond donors (Lipinski definition) is 6. The summed E-state index contributed by atoms with van der Waals surface area (Å²) in [6, 6.07) is 7.97. The van der Waals surface area contributed by atoms with Gasteiger partial charge in [-0.25, -0.2) is 14.6 Å². The number of carboxylic acids is 2. The molecule has 0 radical (unpaired) electrons. The molecule has 1 aromatic carbocycles. The van der Waals surface area contributed by atoms with Crippen molar-refractivity contribution in [3.63, 3.8) is 0 Å². The number of aromatic nitrogens is 4. The van der Waals surface area contributed by atoms with E-state index < -0.39 is 60.7 Å². The lowest BCUT2D eigenvalue weighted by atomic mass is 9.92. The predicted octanol–water partition coefficient (Wildman–Crippen LogP) is 0.0623. The molecule has 3 heterocycles.